The summed E-state index contributed by atoms with van der Waals surface area (Å²) in [7, 11) is 1.53. The molecular weight excluding hydrogens is 357 g/mol. The Morgan fingerprint density at radius 1 is 1.15 bits per heavy atom. The number of anilines is 1. The second-order valence-electron chi connectivity index (χ2n) is 5.53. The van der Waals surface area contributed by atoms with Gasteiger partial charge in [-0.2, -0.15) is 0 Å². The zero-order valence-corrected chi connectivity index (χ0v) is 14.9. The lowest BCUT2D eigenvalue weighted by Gasteiger charge is -2.13. The van der Waals surface area contributed by atoms with Crippen LogP contribution < -0.4 is 10.1 Å². The number of carbonyl (C=O) groups excluding carboxylic acids is 2. The summed E-state index contributed by atoms with van der Waals surface area (Å²) in [6, 6.07) is 12.9. The van der Waals surface area contributed by atoms with Crippen LogP contribution in [0, 0.1) is 5.82 Å². The fraction of sp³-hybridized carbons (Fsp3) is 0.158. The first-order chi connectivity index (χ1) is 12.5. The zero-order valence-electron chi connectivity index (χ0n) is 14.1. The van der Waals surface area contributed by atoms with E-state index in [1.54, 1.807) is 36.4 Å². The topological polar surface area (TPSA) is 64.6 Å². The van der Waals surface area contributed by atoms with E-state index in [1.165, 1.54) is 26.2 Å². The Morgan fingerprint density at radius 3 is 2.65 bits per heavy atom. The molecule has 134 valence electrons. The van der Waals surface area contributed by atoms with Gasteiger partial charge in [0.2, 0.25) is 0 Å². The first-order valence-corrected chi connectivity index (χ1v) is 8.63. The number of halogens is 1. The van der Waals surface area contributed by atoms with Gasteiger partial charge in [-0.1, -0.05) is 12.1 Å². The van der Waals surface area contributed by atoms with Gasteiger partial charge < -0.3 is 14.8 Å². The maximum Gasteiger partial charge on any atom is 0.349 e. The predicted octanol–water partition coefficient (Wildman–Crippen LogP) is 4.23. The van der Waals surface area contributed by atoms with Crippen molar-refractivity contribution in [3.63, 3.8) is 0 Å². The second-order valence-corrected chi connectivity index (χ2v) is 6.61. The average molecular weight is 373 g/mol. The van der Waals surface area contributed by atoms with Gasteiger partial charge in [-0.15, -0.1) is 11.3 Å². The van der Waals surface area contributed by atoms with Gasteiger partial charge in [0.15, 0.2) is 6.10 Å². The van der Waals surface area contributed by atoms with E-state index in [0.717, 1.165) is 11.3 Å². The standard InChI is InChI=1S/C19H16FNO4S/c1-11(18(22)21-12-5-3-6-13(9-12)24-2)25-19(23)17-10-14-15(20)7-4-8-16(14)26-17/h3-11H,1-2H3,(H,21,22)/t11-/m0/s1. The van der Waals surface area contributed by atoms with Crippen molar-refractivity contribution in [2.45, 2.75) is 13.0 Å². The third-order valence-corrected chi connectivity index (χ3v) is 4.78. The molecule has 26 heavy (non-hydrogen) atoms. The summed E-state index contributed by atoms with van der Waals surface area (Å²) < 4.78 is 24.7. The molecule has 2 aromatic carbocycles. The van der Waals surface area contributed by atoms with Gasteiger partial charge in [-0.25, -0.2) is 9.18 Å². The van der Waals surface area contributed by atoms with Crippen molar-refractivity contribution >= 4 is 39.0 Å². The number of benzene rings is 2. The van der Waals surface area contributed by atoms with E-state index in [-0.39, 0.29) is 4.88 Å². The second kappa shape index (κ2) is 7.53. The number of rotatable bonds is 5. The Hall–Kier alpha value is -2.93. The summed E-state index contributed by atoms with van der Waals surface area (Å²) in [4.78, 5) is 24.7. The number of amides is 1. The van der Waals surface area contributed by atoms with E-state index in [1.807, 2.05) is 0 Å². The van der Waals surface area contributed by atoms with Gasteiger partial charge in [-0.3, -0.25) is 4.79 Å². The van der Waals surface area contributed by atoms with Crippen LogP contribution in [0.15, 0.2) is 48.5 Å². The van der Waals surface area contributed by atoms with Crippen molar-refractivity contribution < 1.29 is 23.5 Å². The third kappa shape index (κ3) is 3.83. The van der Waals surface area contributed by atoms with Gasteiger partial charge in [0, 0.05) is 21.8 Å². The van der Waals surface area contributed by atoms with Crippen molar-refractivity contribution in [1.29, 1.82) is 0 Å². The quantitative estimate of drug-likeness (QED) is 0.680. The molecule has 0 bridgehead atoms. The number of hydrogen-bond donors (Lipinski definition) is 1. The molecule has 3 aromatic rings. The lowest BCUT2D eigenvalue weighted by molar-refractivity contribution is -0.123. The SMILES string of the molecule is COc1cccc(NC(=O)[C@H](C)OC(=O)c2cc3c(F)cccc3s2)c1. The molecule has 1 amide bonds. The molecule has 1 N–H and O–H groups in total. The van der Waals surface area contributed by atoms with E-state index >= 15 is 0 Å². The Bertz CT molecular complexity index is 969. The molecule has 1 aromatic heterocycles. The molecule has 0 unspecified atom stereocenters. The monoisotopic (exact) mass is 373 g/mol. The van der Waals surface area contributed by atoms with E-state index in [4.69, 9.17) is 9.47 Å². The Kier molecular flexibility index (Phi) is 5.18. The number of nitrogens with one attached hydrogen (secondary N) is 1. The molecule has 0 fully saturated rings. The number of thiophene rings is 1. The number of carbonyl (C=O) groups is 2. The lowest BCUT2D eigenvalue weighted by atomic mass is 10.2. The summed E-state index contributed by atoms with van der Waals surface area (Å²) in [6.07, 6.45) is -1.01. The van der Waals surface area contributed by atoms with Crippen molar-refractivity contribution in [3.8, 4) is 5.75 Å². The molecule has 0 aliphatic heterocycles. The van der Waals surface area contributed by atoms with Crippen LogP contribution in [0.4, 0.5) is 10.1 Å². The van der Waals surface area contributed by atoms with Crippen molar-refractivity contribution in [2.24, 2.45) is 0 Å². The summed E-state index contributed by atoms with van der Waals surface area (Å²) in [6.45, 7) is 1.47. The Balaban J connectivity index is 1.67. The molecular formula is C19H16FNO4S. The van der Waals surface area contributed by atoms with Gasteiger partial charge in [0.1, 0.15) is 16.4 Å². The van der Waals surface area contributed by atoms with Crippen molar-refractivity contribution in [2.75, 3.05) is 12.4 Å². The summed E-state index contributed by atoms with van der Waals surface area (Å²) in [5.41, 5.74) is 0.529. The van der Waals surface area contributed by atoms with Gasteiger partial charge in [-0.05, 0) is 37.3 Å². The fourth-order valence-corrected chi connectivity index (χ4v) is 3.30. The van der Waals surface area contributed by atoms with Crippen molar-refractivity contribution in [3.05, 3.63) is 59.2 Å². The largest absolute Gasteiger partial charge is 0.497 e. The molecule has 0 aliphatic rings. The van der Waals surface area contributed by atoms with Crippen LogP contribution in [0.2, 0.25) is 0 Å². The number of ether oxygens (including phenoxy) is 2. The summed E-state index contributed by atoms with van der Waals surface area (Å²) in [5.74, 6) is -0.945. The normalized spacial score (nSPS) is 11.8. The van der Waals surface area contributed by atoms with E-state index < -0.39 is 23.8 Å². The highest BCUT2D eigenvalue weighted by molar-refractivity contribution is 7.20. The van der Waals surface area contributed by atoms with Crippen LogP contribution in [-0.4, -0.2) is 25.1 Å². The maximum absolute atomic E-state index is 13.7. The average Bonchev–Trinajstić information content (AvgIpc) is 3.07. The molecule has 1 atom stereocenters. The first-order valence-electron chi connectivity index (χ1n) is 7.82. The summed E-state index contributed by atoms with van der Waals surface area (Å²) in [5, 5.41) is 3.02. The third-order valence-electron chi connectivity index (χ3n) is 3.70. The van der Waals surface area contributed by atoms with Gasteiger partial charge in [0.05, 0.1) is 7.11 Å². The van der Waals surface area contributed by atoms with E-state index in [2.05, 4.69) is 5.32 Å². The lowest BCUT2D eigenvalue weighted by Crippen LogP contribution is -2.29. The van der Waals surface area contributed by atoms with E-state index in [0.29, 0.717) is 21.5 Å². The van der Waals surface area contributed by atoms with Crippen LogP contribution in [0.3, 0.4) is 0 Å². The number of fused-ring (bicyclic) bond motifs is 1. The van der Waals surface area contributed by atoms with E-state index in [9.17, 15) is 14.0 Å². The molecule has 5 nitrogen and oxygen atoms in total. The van der Waals surface area contributed by atoms with Crippen LogP contribution in [-0.2, 0) is 9.53 Å². The minimum Gasteiger partial charge on any atom is -0.497 e. The Labute approximate surface area is 153 Å². The minimum atomic E-state index is -1.01. The summed E-state index contributed by atoms with van der Waals surface area (Å²) >= 11 is 1.12. The predicted molar refractivity (Wildman–Crippen MR) is 98.3 cm³/mol. The highest BCUT2D eigenvalue weighted by Gasteiger charge is 2.21. The van der Waals surface area contributed by atoms with Crippen LogP contribution >= 0.6 is 11.3 Å². The molecule has 0 spiro atoms. The molecule has 0 aliphatic carbocycles. The van der Waals surface area contributed by atoms with Crippen LogP contribution in [0.25, 0.3) is 10.1 Å². The number of esters is 1. The fourth-order valence-electron chi connectivity index (χ4n) is 2.34. The van der Waals surface area contributed by atoms with Crippen LogP contribution in [0.1, 0.15) is 16.6 Å². The Morgan fingerprint density at radius 2 is 1.92 bits per heavy atom. The number of hydrogen-bond acceptors (Lipinski definition) is 5. The minimum absolute atomic E-state index is 0.242. The molecule has 0 radical (unpaired) electrons. The highest BCUT2D eigenvalue weighted by Crippen LogP contribution is 2.28. The van der Waals surface area contributed by atoms with Gasteiger partial charge >= 0.3 is 5.97 Å². The molecule has 0 saturated carbocycles. The molecule has 7 heteroatoms. The molecule has 1 heterocycles. The molecule has 3 rings (SSSR count). The van der Waals surface area contributed by atoms with Crippen molar-refractivity contribution in [1.82, 2.24) is 0 Å². The molecule has 0 saturated heterocycles. The first kappa shape index (κ1) is 17.9. The smallest absolute Gasteiger partial charge is 0.349 e. The van der Waals surface area contributed by atoms with Gasteiger partial charge in [0.25, 0.3) is 5.91 Å². The maximum atomic E-state index is 13.7. The zero-order chi connectivity index (χ0) is 18.7. The highest BCUT2D eigenvalue weighted by atomic mass is 32.1. The number of methoxy groups -OCH3 is 1. The van der Waals surface area contributed by atoms with Crippen LogP contribution in [0.5, 0.6) is 5.75 Å².